The van der Waals surface area contributed by atoms with Crippen LogP contribution in [0.3, 0.4) is 0 Å². The van der Waals surface area contributed by atoms with Gasteiger partial charge in [-0.25, -0.2) is 0 Å². The molecule has 1 aliphatic heterocycles. The minimum absolute atomic E-state index is 0.144. The monoisotopic (exact) mass is 236 g/mol. The minimum atomic E-state index is -4.05. The van der Waals surface area contributed by atoms with Crippen molar-refractivity contribution in [3.63, 3.8) is 0 Å². The molecule has 0 atom stereocenters. The normalized spacial score (nSPS) is 25.3. The second kappa shape index (κ2) is 4.53. The molecule has 0 aromatic carbocycles. The van der Waals surface area contributed by atoms with Crippen molar-refractivity contribution in [2.45, 2.75) is 43.9 Å². The van der Waals surface area contributed by atoms with Crippen LogP contribution in [0.1, 0.15) is 25.7 Å². The maximum absolute atomic E-state index is 12.5. The lowest BCUT2D eigenvalue weighted by Crippen LogP contribution is -2.48. The third kappa shape index (κ3) is 3.35. The molecule has 1 heterocycles. The van der Waals surface area contributed by atoms with Crippen LogP contribution in [0.5, 0.6) is 0 Å². The van der Waals surface area contributed by atoms with Gasteiger partial charge < -0.3 is 4.90 Å². The quantitative estimate of drug-likeness (QED) is 0.740. The molecule has 2 nitrogen and oxygen atoms in total. The number of rotatable bonds is 3. The summed E-state index contributed by atoms with van der Waals surface area (Å²) in [6, 6.07) is 0.348. The topological polar surface area (TPSA) is 6.48 Å². The van der Waals surface area contributed by atoms with Crippen molar-refractivity contribution >= 4 is 0 Å². The second-order valence-corrected chi connectivity index (χ2v) is 5.05. The number of halogens is 3. The van der Waals surface area contributed by atoms with Crippen LogP contribution in [0.4, 0.5) is 13.2 Å². The highest BCUT2D eigenvalue weighted by Crippen LogP contribution is 2.34. The van der Waals surface area contributed by atoms with Gasteiger partial charge in [0.15, 0.2) is 0 Å². The summed E-state index contributed by atoms with van der Waals surface area (Å²) >= 11 is 0. The van der Waals surface area contributed by atoms with Crippen LogP contribution >= 0.6 is 0 Å². The predicted octanol–water partition coefficient (Wildman–Crippen LogP) is 2.11. The fourth-order valence-electron chi connectivity index (χ4n) is 2.50. The van der Waals surface area contributed by atoms with Gasteiger partial charge >= 0.3 is 6.18 Å². The van der Waals surface area contributed by atoms with E-state index in [2.05, 4.69) is 4.90 Å². The van der Waals surface area contributed by atoms with E-state index >= 15 is 0 Å². The molecule has 2 rings (SSSR count). The van der Waals surface area contributed by atoms with E-state index in [-0.39, 0.29) is 12.1 Å². The number of hydrogen-bond acceptors (Lipinski definition) is 2. The molecule has 1 aliphatic carbocycles. The lowest BCUT2D eigenvalue weighted by atomic mass is 10.0. The first-order valence-corrected chi connectivity index (χ1v) is 5.97. The standard InChI is InChI=1S/C11H19F3N2/c1-15-6-4-10(5-7-15)16(9-2-3-9)8-11(12,13)14/h9-10H,2-8H2,1H3. The Balaban J connectivity index is 1.91. The zero-order valence-corrected chi connectivity index (χ0v) is 9.63. The van der Waals surface area contributed by atoms with E-state index in [1.807, 2.05) is 7.05 Å². The van der Waals surface area contributed by atoms with Crippen molar-refractivity contribution in [3.05, 3.63) is 0 Å². The highest BCUT2D eigenvalue weighted by Gasteiger charge is 2.41. The molecular weight excluding hydrogens is 217 g/mol. The lowest BCUT2D eigenvalue weighted by molar-refractivity contribution is -0.154. The number of piperidine rings is 1. The van der Waals surface area contributed by atoms with Gasteiger partial charge in [0.2, 0.25) is 0 Å². The first-order chi connectivity index (χ1) is 7.46. The summed E-state index contributed by atoms with van der Waals surface area (Å²) in [5.74, 6) is 0. The zero-order valence-electron chi connectivity index (χ0n) is 9.63. The predicted molar refractivity (Wildman–Crippen MR) is 56.3 cm³/mol. The summed E-state index contributed by atoms with van der Waals surface area (Å²) in [4.78, 5) is 3.89. The van der Waals surface area contributed by atoms with Crippen molar-refractivity contribution in [2.24, 2.45) is 0 Å². The highest BCUT2D eigenvalue weighted by molar-refractivity contribution is 4.91. The third-order valence-electron chi connectivity index (χ3n) is 3.53. The first-order valence-electron chi connectivity index (χ1n) is 5.97. The largest absolute Gasteiger partial charge is 0.401 e. The molecule has 0 unspecified atom stereocenters. The fourth-order valence-corrected chi connectivity index (χ4v) is 2.50. The summed E-state index contributed by atoms with van der Waals surface area (Å²) in [5, 5.41) is 0. The van der Waals surface area contributed by atoms with E-state index < -0.39 is 12.7 Å². The summed E-state index contributed by atoms with van der Waals surface area (Å²) in [5.41, 5.74) is 0. The average Bonchev–Trinajstić information content (AvgIpc) is 2.97. The van der Waals surface area contributed by atoms with Crippen LogP contribution < -0.4 is 0 Å². The van der Waals surface area contributed by atoms with Gasteiger partial charge in [-0.1, -0.05) is 0 Å². The molecule has 2 fully saturated rings. The highest BCUT2D eigenvalue weighted by atomic mass is 19.4. The molecule has 2 aliphatic rings. The summed E-state index contributed by atoms with van der Waals surface area (Å²) in [6.07, 6.45) is -0.400. The van der Waals surface area contributed by atoms with Crippen LogP contribution in [0.2, 0.25) is 0 Å². The third-order valence-corrected chi connectivity index (χ3v) is 3.53. The minimum Gasteiger partial charge on any atom is -0.306 e. The van der Waals surface area contributed by atoms with E-state index in [0.29, 0.717) is 0 Å². The summed E-state index contributed by atoms with van der Waals surface area (Å²) in [6.45, 7) is 1.13. The van der Waals surface area contributed by atoms with Gasteiger partial charge in [-0.2, -0.15) is 13.2 Å². The Morgan fingerprint density at radius 3 is 2.00 bits per heavy atom. The molecule has 5 heteroatoms. The van der Waals surface area contributed by atoms with Crippen LogP contribution in [-0.2, 0) is 0 Å². The Bertz CT molecular complexity index is 230. The molecule has 1 saturated carbocycles. The Hall–Kier alpha value is -0.290. The molecule has 94 valence electrons. The fraction of sp³-hybridized carbons (Fsp3) is 1.00. The van der Waals surface area contributed by atoms with Gasteiger partial charge in [0, 0.05) is 12.1 Å². The smallest absolute Gasteiger partial charge is 0.306 e. The Labute approximate surface area is 94.4 Å². The maximum Gasteiger partial charge on any atom is 0.401 e. The van der Waals surface area contributed by atoms with Gasteiger partial charge in [-0.15, -0.1) is 0 Å². The molecule has 0 N–H and O–H groups in total. The molecular formula is C11H19F3N2. The van der Waals surface area contributed by atoms with E-state index in [4.69, 9.17) is 0 Å². The average molecular weight is 236 g/mol. The van der Waals surface area contributed by atoms with Gasteiger partial charge in [-0.3, -0.25) is 4.90 Å². The molecule has 0 bridgehead atoms. The lowest BCUT2D eigenvalue weighted by Gasteiger charge is -2.37. The molecule has 0 spiro atoms. The van der Waals surface area contributed by atoms with Crippen LogP contribution in [-0.4, -0.2) is 54.7 Å². The Morgan fingerprint density at radius 2 is 1.56 bits per heavy atom. The number of alkyl halides is 3. The molecule has 1 saturated heterocycles. The van der Waals surface area contributed by atoms with Crippen molar-refractivity contribution in [3.8, 4) is 0 Å². The van der Waals surface area contributed by atoms with E-state index in [0.717, 1.165) is 38.8 Å². The van der Waals surface area contributed by atoms with Gasteiger partial charge in [0.05, 0.1) is 6.54 Å². The van der Waals surface area contributed by atoms with Gasteiger partial charge in [0.25, 0.3) is 0 Å². The molecule has 0 aromatic rings. The summed E-state index contributed by atoms with van der Waals surface area (Å²) < 4.78 is 37.4. The molecule has 16 heavy (non-hydrogen) atoms. The van der Waals surface area contributed by atoms with Crippen LogP contribution in [0.15, 0.2) is 0 Å². The maximum atomic E-state index is 12.5. The van der Waals surface area contributed by atoms with Crippen molar-refractivity contribution in [1.82, 2.24) is 9.80 Å². The zero-order chi connectivity index (χ0) is 11.8. The Kier molecular flexibility index (Phi) is 3.45. The van der Waals surface area contributed by atoms with Crippen LogP contribution in [0, 0.1) is 0 Å². The molecule has 0 aromatic heterocycles. The molecule has 0 amide bonds. The first kappa shape index (κ1) is 12.2. The van der Waals surface area contributed by atoms with Crippen molar-refractivity contribution in [1.29, 1.82) is 0 Å². The number of likely N-dealkylation sites (tertiary alicyclic amines) is 1. The van der Waals surface area contributed by atoms with E-state index in [1.54, 1.807) is 4.90 Å². The molecule has 0 radical (unpaired) electrons. The number of nitrogens with zero attached hydrogens (tertiary/aromatic N) is 2. The van der Waals surface area contributed by atoms with Gasteiger partial charge in [0.1, 0.15) is 0 Å². The van der Waals surface area contributed by atoms with Gasteiger partial charge in [-0.05, 0) is 45.8 Å². The summed E-state index contributed by atoms with van der Waals surface area (Å²) in [7, 11) is 2.03. The SMILES string of the molecule is CN1CCC(N(CC(F)(F)F)C2CC2)CC1. The van der Waals surface area contributed by atoms with Crippen LogP contribution in [0.25, 0.3) is 0 Å². The Morgan fingerprint density at radius 1 is 1.06 bits per heavy atom. The van der Waals surface area contributed by atoms with Crippen molar-refractivity contribution < 1.29 is 13.2 Å². The number of hydrogen-bond donors (Lipinski definition) is 0. The van der Waals surface area contributed by atoms with E-state index in [9.17, 15) is 13.2 Å². The van der Waals surface area contributed by atoms with Crippen molar-refractivity contribution in [2.75, 3.05) is 26.7 Å². The second-order valence-electron chi connectivity index (χ2n) is 5.05. The van der Waals surface area contributed by atoms with E-state index in [1.165, 1.54) is 0 Å².